The molecule has 2 N–H and O–H groups in total. The lowest BCUT2D eigenvalue weighted by Crippen LogP contribution is -2.53. The molecule has 20 heavy (non-hydrogen) atoms. The minimum absolute atomic E-state index is 0.287. The van der Waals surface area contributed by atoms with E-state index < -0.39 is 5.60 Å². The van der Waals surface area contributed by atoms with Crippen molar-refractivity contribution < 1.29 is 9.53 Å². The van der Waals surface area contributed by atoms with E-state index in [0.717, 1.165) is 18.4 Å². The van der Waals surface area contributed by atoms with Gasteiger partial charge in [0.15, 0.2) is 0 Å². The summed E-state index contributed by atoms with van der Waals surface area (Å²) in [4.78, 5) is 11.9. The second kappa shape index (κ2) is 5.55. The molecule has 0 spiro atoms. The third kappa shape index (κ3) is 5.31. The molecule has 1 amide bonds. The van der Waals surface area contributed by atoms with Crippen LogP contribution in [-0.4, -0.2) is 29.8 Å². The maximum Gasteiger partial charge on any atom is 0.408 e. The first-order valence-corrected chi connectivity index (χ1v) is 7.91. The normalized spacial score (nSPS) is 20.1. The van der Waals surface area contributed by atoms with E-state index in [0.29, 0.717) is 6.04 Å². The summed E-state index contributed by atoms with van der Waals surface area (Å²) < 4.78 is 5.32. The van der Waals surface area contributed by atoms with Crippen LogP contribution in [0.15, 0.2) is 0 Å². The smallest absolute Gasteiger partial charge is 0.408 e. The summed E-state index contributed by atoms with van der Waals surface area (Å²) in [5, 5.41) is 6.65. The number of carbonyl (C=O) groups excluding carboxylic acids is 1. The van der Waals surface area contributed by atoms with E-state index in [1.807, 2.05) is 34.6 Å². The predicted octanol–water partition coefficient (Wildman–Crippen LogP) is 3.07. The van der Waals surface area contributed by atoms with Gasteiger partial charge in [0.2, 0.25) is 0 Å². The number of amides is 1. The van der Waals surface area contributed by atoms with Crippen LogP contribution in [0.5, 0.6) is 0 Å². The molecule has 0 aromatic rings. The fourth-order valence-corrected chi connectivity index (χ4v) is 2.63. The number of nitrogens with one attached hydrogen (secondary N) is 2. The van der Waals surface area contributed by atoms with Gasteiger partial charge >= 0.3 is 6.09 Å². The van der Waals surface area contributed by atoms with Crippen LogP contribution in [0.2, 0.25) is 0 Å². The number of carbonyl (C=O) groups is 1. The van der Waals surface area contributed by atoms with Crippen LogP contribution >= 0.6 is 0 Å². The Kier molecular flexibility index (Phi) is 4.33. The van der Waals surface area contributed by atoms with Crippen molar-refractivity contribution in [3.63, 3.8) is 0 Å². The Morgan fingerprint density at radius 3 is 2.00 bits per heavy atom. The highest BCUT2D eigenvalue weighted by atomic mass is 16.6. The topological polar surface area (TPSA) is 50.4 Å². The Hall–Kier alpha value is -0.770. The summed E-state index contributed by atoms with van der Waals surface area (Å²) in [5.74, 6) is 1.75. The van der Waals surface area contributed by atoms with Gasteiger partial charge in [0.25, 0.3) is 0 Å². The van der Waals surface area contributed by atoms with E-state index in [1.54, 1.807) is 0 Å². The van der Waals surface area contributed by atoms with Gasteiger partial charge in [0.05, 0.1) is 5.54 Å². The Morgan fingerprint density at radius 1 is 1.10 bits per heavy atom. The van der Waals surface area contributed by atoms with Gasteiger partial charge in [-0.2, -0.15) is 0 Å². The molecule has 2 aliphatic rings. The monoisotopic (exact) mass is 282 g/mol. The molecule has 0 radical (unpaired) electrons. The predicted molar refractivity (Wildman–Crippen MR) is 80.7 cm³/mol. The van der Waals surface area contributed by atoms with E-state index in [9.17, 15) is 4.79 Å². The van der Waals surface area contributed by atoms with Crippen molar-refractivity contribution in [2.24, 2.45) is 11.8 Å². The van der Waals surface area contributed by atoms with Crippen molar-refractivity contribution in [1.29, 1.82) is 0 Å². The zero-order valence-electron chi connectivity index (χ0n) is 13.6. The van der Waals surface area contributed by atoms with Crippen LogP contribution in [0, 0.1) is 11.8 Å². The van der Waals surface area contributed by atoms with Crippen molar-refractivity contribution >= 4 is 6.09 Å². The van der Waals surface area contributed by atoms with Gasteiger partial charge in [-0.05, 0) is 72.1 Å². The lowest BCUT2D eigenvalue weighted by atomic mass is 10.0. The second-order valence-corrected chi connectivity index (χ2v) is 8.09. The van der Waals surface area contributed by atoms with Crippen molar-refractivity contribution in [2.75, 3.05) is 6.54 Å². The first-order chi connectivity index (χ1) is 9.16. The van der Waals surface area contributed by atoms with E-state index in [-0.39, 0.29) is 11.6 Å². The number of rotatable bonds is 6. The molecule has 0 aromatic heterocycles. The average molecular weight is 282 g/mol. The summed E-state index contributed by atoms with van der Waals surface area (Å²) in [6.07, 6.45) is 5.14. The quantitative estimate of drug-likeness (QED) is 0.787. The number of alkyl carbamates (subject to hydrolysis) is 1. The van der Waals surface area contributed by atoms with Gasteiger partial charge in [-0.1, -0.05) is 0 Å². The number of hydrogen-bond acceptors (Lipinski definition) is 3. The molecule has 0 heterocycles. The van der Waals surface area contributed by atoms with E-state index in [1.165, 1.54) is 25.7 Å². The standard InChI is InChI=1S/C16H30N2O2/c1-15(2,3)20-14(19)18-16(4,5)10-17-13(11-6-7-11)12-8-9-12/h11-13,17H,6-10H2,1-5H3,(H,18,19). The summed E-state index contributed by atoms with van der Waals surface area (Å²) in [5.41, 5.74) is -0.734. The highest BCUT2D eigenvalue weighted by molar-refractivity contribution is 5.68. The Balaban J connectivity index is 1.76. The van der Waals surface area contributed by atoms with Crippen LogP contribution in [0.3, 0.4) is 0 Å². The van der Waals surface area contributed by atoms with E-state index >= 15 is 0 Å². The SMILES string of the molecule is CC(C)(CNC(C1CC1)C1CC1)NC(=O)OC(C)(C)C. The molecule has 0 aromatic carbocycles. The van der Waals surface area contributed by atoms with Gasteiger partial charge in [-0.15, -0.1) is 0 Å². The molecular formula is C16H30N2O2. The summed E-state index contributed by atoms with van der Waals surface area (Å²) >= 11 is 0. The molecule has 0 aliphatic heterocycles. The number of hydrogen-bond donors (Lipinski definition) is 2. The van der Waals surface area contributed by atoms with Crippen LogP contribution in [0.4, 0.5) is 4.79 Å². The summed E-state index contributed by atoms with van der Waals surface area (Å²) in [7, 11) is 0. The van der Waals surface area contributed by atoms with Gasteiger partial charge in [-0.3, -0.25) is 0 Å². The highest BCUT2D eigenvalue weighted by Gasteiger charge is 2.41. The van der Waals surface area contributed by atoms with E-state index in [4.69, 9.17) is 4.74 Å². The first-order valence-electron chi connectivity index (χ1n) is 7.91. The minimum Gasteiger partial charge on any atom is -0.444 e. The van der Waals surface area contributed by atoms with Gasteiger partial charge < -0.3 is 15.4 Å². The fraction of sp³-hybridized carbons (Fsp3) is 0.938. The van der Waals surface area contributed by atoms with Crippen LogP contribution < -0.4 is 10.6 Å². The Bertz CT molecular complexity index is 340. The maximum atomic E-state index is 11.9. The Morgan fingerprint density at radius 2 is 1.60 bits per heavy atom. The van der Waals surface area contributed by atoms with Crippen molar-refractivity contribution in [1.82, 2.24) is 10.6 Å². The van der Waals surface area contributed by atoms with E-state index in [2.05, 4.69) is 10.6 Å². The summed E-state index contributed by atoms with van der Waals surface area (Å²) in [6, 6.07) is 0.662. The lowest BCUT2D eigenvalue weighted by molar-refractivity contribution is 0.0470. The van der Waals surface area contributed by atoms with Crippen LogP contribution in [0.25, 0.3) is 0 Å². The molecule has 0 atom stereocenters. The van der Waals surface area contributed by atoms with Gasteiger partial charge in [-0.25, -0.2) is 4.79 Å². The molecule has 0 bridgehead atoms. The third-order valence-corrected chi connectivity index (χ3v) is 3.88. The molecule has 2 fully saturated rings. The molecule has 2 rings (SSSR count). The average Bonchev–Trinajstić information content (AvgIpc) is 3.09. The molecule has 0 saturated heterocycles. The minimum atomic E-state index is -0.446. The molecule has 116 valence electrons. The lowest BCUT2D eigenvalue weighted by Gasteiger charge is -2.31. The Labute approximate surface area is 123 Å². The zero-order valence-corrected chi connectivity index (χ0v) is 13.6. The van der Waals surface area contributed by atoms with Crippen LogP contribution in [-0.2, 0) is 4.74 Å². The third-order valence-electron chi connectivity index (χ3n) is 3.88. The molecule has 2 saturated carbocycles. The largest absolute Gasteiger partial charge is 0.444 e. The highest BCUT2D eigenvalue weighted by Crippen LogP contribution is 2.44. The van der Waals surface area contributed by atoms with Crippen LogP contribution in [0.1, 0.15) is 60.3 Å². The first kappa shape index (κ1) is 15.6. The van der Waals surface area contributed by atoms with Gasteiger partial charge in [0.1, 0.15) is 5.60 Å². The molecule has 0 unspecified atom stereocenters. The van der Waals surface area contributed by atoms with Gasteiger partial charge in [0, 0.05) is 12.6 Å². The molecule has 4 heteroatoms. The van der Waals surface area contributed by atoms with Crippen molar-refractivity contribution in [3.05, 3.63) is 0 Å². The summed E-state index contributed by atoms with van der Waals surface area (Å²) in [6.45, 7) is 10.5. The fourth-order valence-electron chi connectivity index (χ4n) is 2.63. The van der Waals surface area contributed by atoms with Crippen molar-refractivity contribution in [3.8, 4) is 0 Å². The maximum absolute atomic E-state index is 11.9. The van der Waals surface area contributed by atoms with Crippen molar-refractivity contribution in [2.45, 2.75) is 77.5 Å². The molecule has 4 nitrogen and oxygen atoms in total. The number of ether oxygens (including phenoxy) is 1. The zero-order chi connectivity index (χ0) is 15.0. The molecular weight excluding hydrogens is 252 g/mol. The molecule has 2 aliphatic carbocycles. The second-order valence-electron chi connectivity index (χ2n) is 8.09.